The molecule has 0 saturated heterocycles. The minimum absolute atomic E-state index is 0.644. The van der Waals surface area contributed by atoms with Gasteiger partial charge in [0, 0.05) is 24.3 Å². The molecule has 1 nitrogen and oxygen atoms in total. The van der Waals surface area contributed by atoms with Gasteiger partial charge in [0.15, 0.2) is 0 Å². The van der Waals surface area contributed by atoms with Crippen molar-refractivity contribution in [3.8, 4) is 23.3 Å². The first kappa shape index (κ1) is 25.4. The average Bonchev–Trinajstić information content (AvgIpc) is 2.67. The van der Waals surface area contributed by atoms with Gasteiger partial charge in [-0.1, -0.05) is 80.2 Å². The van der Waals surface area contributed by atoms with Crippen LogP contribution in [0.4, 0.5) is 5.69 Å². The number of hydrogen-bond donors (Lipinski definition) is 0. The zero-order valence-corrected chi connectivity index (χ0v) is 21.2. The summed E-state index contributed by atoms with van der Waals surface area (Å²) in [6.45, 7) is 20.8. The Bertz CT molecular complexity index is 694. The Morgan fingerprint density at radius 2 is 1.38 bits per heavy atom. The fourth-order valence-corrected chi connectivity index (χ4v) is 9.67. The predicted octanol–water partition coefficient (Wildman–Crippen LogP) is 7.67. The van der Waals surface area contributed by atoms with Gasteiger partial charge in [-0.15, -0.1) is 5.54 Å². The van der Waals surface area contributed by atoms with Gasteiger partial charge in [-0.25, -0.2) is 0 Å². The van der Waals surface area contributed by atoms with E-state index in [9.17, 15) is 0 Å². The summed E-state index contributed by atoms with van der Waals surface area (Å²) in [5, 5.41) is 0. The summed E-state index contributed by atoms with van der Waals surface area (Å²) in [6, 6.07) is 8.69. The lowest BCUT2D eigenvalue weighted by Crippen LogP contribution is -2.43. The quantitative estimate of drug-likeness (QED) is 0.283. The summed E-state index contributed by atoms with van der Waals surface area (Å²) in [6.07, 6.45) is 4.92. The number of rotatable bonds is 10. The SMILES string of the molecule is CCCCN(CCCC)c1cccc(C#CC#C[Si](C(C)C)(C(C)C)C(C)C)c1. The van der Waals surface area contributed by atoms with Crippen LogP contribution in [0.2, 0.25) is 16.6 Å². The van der Waals surface area contributed by atoms with Crippen molar-refractivity contribution in [1.29, 1.82) is 0 Å². The van der Waals surface area contributed by atoms with Gasteiger partial charge in [-0.3, -0.25) is 0 Å². The Balaban J connectivity index is 3.09. The van der Waals surface area contributed by atoms with E-state index >= 15 is 0 Å². The van der Waals surface area contributed by atoms with E-state index in [0.29, 0.717) is 16.6 Å². The Morgan fingerprint density at radius 3 is 1.86 bits per heavy atom. The first-order valence-electron chi connectivity index (χ1n) is 11.7. The third-order valence-electron chi connectivity index (χ3n) is 6.19. The topological polar surface area (TPSA) is 3.24 Å². The maximum Gasteiger partial charge on any atom is 0.147 e. The smallest absolute Gasteiger partial charge is 0.147 e. The zero-order chi connectivity index (χ0) is 21.9. The largest absolute Gasteiger partial charge is 0.372 e. The molecule has 0 atom stereocenters. The monoisotopic (exact) mass is 409 g/mol. The van der Waals surface area contributed by atoms with E-state index in [1.807, 2.05) is 0 Å². The first-order chi connectivity index (χ1) is 13.8. The predicted molar refractivity (Wildman–Crippen MR) is 134 cm³/mol. The molecular formula is C27H43NSi. The van der Waals surface area contributed by atoms with E-state index in [1.54, 1.807) is 0 Å². The molecule has 0 radical (unpaired) electrons. The zero-order valence-electron chi connectivity index (χ0n) is 20.2. The second kappa shape index (κ2) is 12.8. The van der Waals surface area contributed by atoms with Gasteiger partial charge < -0.3 is 4.90 Å². The molecule has 29 heavy (non-hydrogen) atoms. The maximum atomic E-state index is 3.70. The summed E-state index contributed by atoms with van der Waals surface area (Å²) in [5.74, 6) is 9.77. The molecule has 160 valence electrons. The van der Waals surface area contributed by atoms with Crippen LogP contribution in [0, 0.1) is 23.3 Å². The highest BCUT2D eigenvalue weighted by atomic mass is 28.3. The van der Waals surface area contributed by atoms with Gasteiger partial charge in [-0.05, 0) is 59.5 Å². The lowest BCUT2D eigenvalue weighted by molar-refractivity contribution is 0.678. The van der Waals surface area contributed by atoms with Crippen molar-refractivity contribution in [2.75, 3.05) is 18.0 Å². The summed E-state index contributed by atoms with van der Waals surface area (Å²) in [4.78, 5) is 2.51. The molecule has 1 rings (SSSR count). The molecule has 0 aromatic heterocycles. The number of nitrogens with zero attached hydrogens (tertiary/aromatic N) is 1. The Labute approximate surface area is 182 Å². The van der Waals surface area contributed by atoms with Gasteiger partial charge in [0.1, 0.15) is 8.07 Å². The summed E-state index contributed by atoms with van der Waals surface area (Å²) < 4.78 is 0. The minimum Gasteiger partial charge on any atom is -0.372 e. The van der Waals surface area contributed by atoms with Crippen LogP contribution in [-0.4, -0.2) is 21.2 Å². The normalized spacial score (nSPS) is 11.3. The van der Waals surface area contributed by atoms with Crippen LogP contribution in [0.15, 0.2) is 24.3 Å². The second-order valence-electron chi connectivity index (χ2n) is 9.14. The van der Waals surface area contributed by atoms with Crippen LogP contribution in [0.5, 0.6) is 0 Å². The van der Waals surface area contributed by atoms with Gasteiger partial charge in [0.05, 0.1) is 0 Å². The molecule has 0 bridgehead atoms. The van der Waals surface area contributed by atoms with Crippen LogP contribution in [0.25, 0.3) is 0 Å². The molecule has 0 aliphatic heterocycles. The molecular weight excluding hydrogens is 366 g/mol. The van der Waals surface area contributed by atoms with Crippen molar-refractivity contribution >= 4 is 13.8 Å². The maximum absolute atomic E-state index is 3.70. The van der Waals surface area contributed by atoms with Gasteiger partial charge >= 0.3 is 0 Å². The van der Waals surface area contributed by atoms with Gasteiger partial charge in [-0.2, -0.15) is 0 Å². The molecule has 2 heteroatoms. The Kier molecular flexibility index (Phi) is 11.2. The van der Waals surface area contributed by atoms with Crippen LogP contribution in [0.1, 0.15) is 86.6 Å². The fraction of sp³-hybridized carbons (Fsp3) is 0.630. The number of hydrogen-bond acceptors (Lipinski definition) is 1. The van der Waals surface area contributed by atoms with Crippen molar-refractivity contribution in [3.05, 3.63) is 29.8 Å². The first-order valence-corrected chi connectivity index (χ1v) is 13.9. The molecule has 0 N–H and O–H groups in total. The van der Waals surface area contributed by atoms with E-state index in [0.717, 1.165) is 18.7 Å². The van der Waals surface area contributed by atoms with Crippen LogP contribution in [0.3, 0.4) is 0 Å². The van der Waals surface area contributed by atoms with Crippen molar-refractivity contribution in [2.45, 2.75) is 97.7 Å². The Morgan fingerprint density at radius 1 is 0.828 bits per heavy atom. The van der Waals surface area contributed by atoms with Crippen LogP contribution in [-0.2, 0) is 0 Å². The van der Waals surface area contributed by atoms with E-state index < -0.39 is 8.07 Å². The summed E-state index contributed by atoms with van der Waals surface area (Å²) in [7, 11) is -1.70. The van der Waals surface area contributed by atoms with Gasteiger partial charge in [0.2, 0.25) is 0 Å². The summed E-state index contributed by atoms with van der Waals surface area (Å²) >= 11 is 0. The molecule has 0 saturated carbocycles. The van der Waals surface area contributed by atoms with Crippen LogP contribution < -0.4 is 4.90 Å². The van der Waals surface area contributed by atoms with E-state index in [4.69, 9.17) is 0 Å². The number of unbranched alkanes of at least 4 members (excludes halogenated alkanes) is 2. The van der Waals surface area contributed by atoms with Crippen molar-refractivity contribution in [1.82, 2.24) is 0 Å². The van der Waals surface area contributed by atoms with E-state index in [2.05, 4.69) is 108 Å². The third kappa shape index (κ3) is 7.28. The fourth-order valence-electron chi connectivity index (χ4n) is 4.52. The molecule has 0 spiro atoms. The van der Waals surface area contributed by atoms with Crippen LogP contribution >= 0.6 is 0 Å². The minimum atomic E-state index is -1.70. The molecule has 0 fully saturated rings. The standard InChI is InChI=1S/C27H43NSi/c1-9-11-19-28(20-12-10-2)27-18-15-17-26(22-27)16-13-14-21-29(23(3)4,24(5)6)25(7)8/h15,17-18,22-25H,9-12,19-20H2,1-8H3. The number of benzene rings is 1. The highest BCUT2D eigenvalue weighted by molar-refractivity contribution is 6.90. The number of anilines is 1. The Hall–Kier alpha value is -1.64. The van der Waals surface area contributed by atoms with E-state index in [-0.39, 0.29) is 0 Å². The molecule has 1 aromatic carbocycles. The molecule has 0 heterocycles. The average molecular weight is 410 g/mol. The highest BCUT2D eigenvalue weighted by Crippen LogP contribution is 2.40. The lowest BCUT2D eigenvalue weighted by atomic mass is 10.1. The highest BCUT2D eigenvalue weighted by Gasteiger charge is 2.41. The lowest BCUT2D eigenvalue weighted by Gasteiger charge is -2.37. The molecule has 0 aliphatic carbocycles. The molecule has 0 aliphatic rings. The van der Waals surface area contributed by atoms with Gasteiger partial charge in [0.25, 0.3) is 0 Å². The van der Waals surface area contributed by atoms with E-state index in [1.165, 1.54) is 31.4 Å². The van der Waals surface area contributed by atoms with Crippen molar-refractivity contribution in [2.24, 2.45) is 0 Å². The van der Waals surface area contributed by atoms with Crippen molar-refractivity contribution < 1.29 is 0 Å². The third-order valence-corrected chi connectivity index (χ3v) is 12.5. The molecule has 0 amide bonds. The second-order valence-corrected chi connectivity index (χ2v) is 14.7. The van der Waals surface area contributed by atoms with Crippen molar-refractivity contribution in [3.63, 3.8) is 0 Å². The molecule has 1 aromatic rings. The summed E-state index contributed by atoms with van der Waals surface area (Å²) in [5.41, 5.74) is 8.00. The molecule has 0 unspecified atom stereocenters.